The molecule has 0 spiro atoms. The summed E-state index contributed by atoms with van der Waals surface area (Å²) in [6.07, 6.45) is 0. The van der Waals surface area contributed by atoms with E-state index >= 15 is 0 Å². The predicted octanol–water partition coefficient (Wildman–Crippen LogP) is 1.79. The van der Waals surface area contributed by atoms with Crippen LogP contribution in [0.5, 0.6) is 0 Å². The number of likely N-dealkylation sites (N-methyl/N-ethyl adjacent to an activating group) is 1. The van der Waals surface area contributed by atoms with Crippen molar-refractivity contribution in [2.75, 3.05) is 25.9 Å². The average Bonchev–Trinajstić information content (AvgIpc) is 2.29. The molecule has 1 aliphatic heterocycles. The summed E-state index contributed by atoms with van der Waals surface area (Å²) < 4.78 is 0. The van der Waals surface area contributed by atoms with Crippen LogP contribution in [0.4, 0.5) is 5.69 Å². The Labute approximate surface area is 104 Å². The minimum absolute atomic E-state index is 0.632. The smallest absolute Gasteiger partial charge is 0.0314 e. The molecular weight excluding hydrogens is 210 g/mol. The first-order valence-corrected chi connectivity index (χ1v) is 6.35. The Kier molecular flexibility index (Phi) is 3.69. The van der Waals surface area contributed by atoms with Crippen LogP contribution in [0.1, 0.15) is 19.4 Å². The highest BCUT2D eigenvalue weighted by Gasteiger charge is 2.26. The summed E-state index contributed by atoms with van der Waals surface area (Å²) in [6, 6.07) is 9.49. The molecule has 3 heteroatoms. The Morgan fingerprint density at radius 2 is 1.65 bits per heavy atom. The van der Waals surface area contributed by atoms with E-state index in [0.29, 0.717) is 12.1 Å². The lowest BCUT2D eigenvalue weighted by molar-refractivity contribution is 0.0556. The highest BCUT2D eigenvalue weighted by atomic mass is 15.3. The SMILES string of the molecule is CC1CN(Cc2ccc(N)cc2)CC(C)N1C. The summed E-state index contributed by atoms with van der Waals surface area (Å²) in [5, 5.41) is 0. The molecule has 0 saturated carbocycles. The van der Waals surface area contributed by atoms with Gasteiger partial charge in [-0.3, -0.25) is 9.80 Å². The number of nitrogens with zero attached hydrogens (tertiary/aromatic N) is 2. The zero-order valence-corrected chi connectivity index (χ0v) is 11.1. The van der Waals surface area contributed by atoms with Crippen LogP contribution in [0.2, 0.25) is 0 Å². The molecule has 2 N–H and O–H groups in total. The lowest BCUT2D eigenvalue weighted by Gasteiger charge is -2.42. The van der Waals surface area contributed by atoms with Gasteiger partial charge in [-0.15, -0.1) is 0 Å². The van der Waals surface area contributed by atoms with E-state index in [2.05, 4.69) is 42.8 Å². The molecular formula is C14H23N3. The molecule has 2 unspecified atom stereocenters. The number of nitrogens with two attached hydrogens (primary N) is 1. The molecule has 1 aromatic carbocycles. The van der Waals surface area contributed by atoms with Crippen LogP contribution in [0.15, 0.2) is 24.3 Å². The van der Waals surface area contributed by atoms with Crippen LogP contribution in [0, 0.1) is 0 Å². The van der Waals surface area contributed by atoms with Gasteiger partial charge in [-0.2, -0.15) is 0 Å². The van der Waals surface area contributed by atoms with Crippen molar-refractivity contribution >= 4 is 5.69 Å². The number of anilines is 1. The molecule has 0 aliphatic carbocycles. The van der Waals surface area contributed by atoms with Gasteiger partial charge in [0.05, 0.1) is 0 Å². The predicted molar refractivity (Wildman–Crippen MR) is 72.8 cm³/mol. The molecule has 1 fully saturated rings. The van der Waals surface area contributed by atoms with Gasteiger partial charge in [-0.1, -0.05) is 12.1 Å². The number of hydrogen-bond donors (Lipinski definition) is 1. The molecule has 0 amide bonds. The van der Waals surface area contributed by atoms with Gasteiger partial charge in [-0.25, -0.2) is 0 Å². The molecule has 17 heavy (non-hydrogen) atoms. The average molecular weight is 233 g/mol. The van der Waals surface area contributed by atoms with Crippen molar-refractivity contribution in [3.8, 4) is 0 Å². The monoisotopic (exact) mass is 233 g/mol. The molecule has 1 heterocycles. The van der Waals surface area contributed by atoms with Gasteiger partial charge in [0.15, 0.2) is 0 Å². The quantitative estimate of drug-likeness (QED) is 0.791. The van der Waals surface area contributed by atoms with Crippen molar-refractivity contribution in [1.82, 2.24) is 9.80 Å². The molecule has 1 saturated heterocycles. The molecule has 2 rings (SSSR count). The van der Waals surface area contributed by atoms with Gasteiger partial charge in [0.1, 0.15) is 0 Å². The molecule has 0 bridgehead atoms. The lowest BCUT2D eigenvalue weighted by atomic mass is 10.1. The number of rotatable bonds is 2. The molecule has 0 radical (unpaired) electrons. The van der Waals surface area contributed by atoms with Crippen molar-refractivity contribution in [1.29, 1.82) is 0 Å². The van der Waals surface area contributed by atoms with Crippen LogP contribution in [0.3, 0.4) is 0 Å². The molecule has 3 nitrogen and oxygen atoms in total. The molecule has 1 aliphatic rings. The Balaban J connectivity index is 1.98. The third kappa shape index (κ3) is 2.99. The second-order valence-corrected chi connectivity index (χ2v) is 5.30. The molecule has 94 valence electrons. The van der Waals surface area contributed by atoms with E-state index in [1.807, 2.05) is 12.1 Å². The van der Waals surface area contributed by atoms with Gasteiger partial charge in [-0.05, 0) is 38.6 Å². The fourth-order valence-electron chi connectivity index (χ4n) is 2.52. The van der Waals surface area contributed by atoms with Gasteiger partial charge in [0.25, 0.3) is 0 Å². The van der Waals surface area contributed by atoms with Crippen molar-refractivity contribution in [2.45, 2.75) is 32.5 Å². The molecule has 1 aromatic rings. The second kappa shape index (κ2) is 5.07. The van der Waals surface area contributed by atoms with E-state index in [4.69, 9.17) is 5.73 Å². The standard InChI is InChI=1S/C14H23N3/c1-11-8-17(9-12(2)16(11)3)10-13-4-6-14(15)7-5-13/h4-7,11-12H,8-10,15H2,1-3H3. The Morgan fingerprint density at radius 3 is 2.18 bits per heavy atom. The van der Waals surface area contributed by atoms with Crippen LogP contribution in [-0.4, -0.2) is 42.0 Å². The highest BCUT2D eigenvalue weighted by molar-refractivity contribution is 5.39. The number of nitrogen functional groups attached to an aromatic ring is 1. The van der Waals surface area contributed by atoms with Gasteiger partial charge >= 0.3 is 0 Å². The molecule has 0 aromatic heterocycles. The lowest BCUT2D eigenvalue weighted by Crippen LogP contribution is -2.54. The van der Waals surface area contributed by atoms with E-state index in [1.54, 1.807) is 0 Å². The third-order valence-electron chi connectivity index (χ3n) is 3.82. The Morgan fingerprint density at radius 1 is 1.12 bits per heavy atom. The number of piperazine rings is 1. The highest BCUT2D eigenvalue weighted by Crippen LogP contribution is 2.16. The van der Waals surface area contributed by atoms with Crippen molar-refractivity contribution in [2.24, 2.45) is 0 Å². The fourth-order valence-corrected chi connectivity index (χ4v) is 2.52. The normalized spacial score (nSPS) is 27.2. The van der Waals surface area contributed by atoms with Gasteiger partial charge < -0.3 is 5.73 Å². The summed E-state index contributed by atoms with van der Waals surface area (Å²) in [6.45, 7) is 7.91. The van der Waals surface area contributed by atoms with E-state index in [9.17, 15) is 0 Å². The zero-order valence-electron chi connectivity index (χ0n) is 11.1. The maximum absolute atomic E-state index is 5.70. The topological polar surface area (TPSA) is 32.5 Å². The third-order valence-corrected chi connectivity index (χ3v) is 3.82. The summed E-state index contributed by atoms with van der Waals surface area (Å²) in [5.74, 6) is 0. The minimum atomic E-state index is 0.632. The first kappa shape index (κ1) is 12.4. The maximum atomic E-state index is 5.70. The van der Waals surface area contributed by atoms with E-state index in [0.717, 1.165) is 25.3 Å². The van der Waals surface area contributed by atoms with E-state index in [-0.39, 0.29) is 0 Å². The number of benzene rings is 1. The second-order valence-electron chi connectivity index (χ2n) is 5.30. The minimum Gasteiger partial charge on any atom is -0.399 e. The van der Waals surface area contributed by atoms with Crippen LogP contribution >= 0.6 is 0 Å². The van der Waals surface area contributed by atoms with E-state index < -0.39 is 0 Å². The van der Waals surface area contributed by atoms with Crippen LogP contribution in [0.25, 0.3) is 0 Å². The summed E-state index contributed by atoms with van der Waals surface area (Å²) in [5.41, 5.74) is 7.89. The van der Waals surface area contributed by atoms with Gasteiger partial charge in [0, 0.05) is 37.4 Å². The largest absolute Gasteiger partial charge is 0.399 e. The fraction of sp³-hybridized carbons (Fsp3) is 0.571. The van der Waals surface area contributed by atoms with E-state index in [1.165, 1.54) is 5.56 Å². The number of hydrogen-bond acceptors (Lipinski definition) is 3. The summed E-state index contributed by atoms with van der Waals surface area (Å²) >= 11 is 0. The first-order chi connectivity index (χ1) is 8.06. The summed E-state index contributed by atoms with van der Waals surface area (Å²) in [4.78, 5) is 4.99. The van der Waals surface area contributed by atoms with Gasteiger partial charge in [0.2, 0.25) is 0 Å². The summed E-state index contributed by atoms with van der Waals surface area (Å²) in [7, 11) is 2.22. The van der Waals surface area contributed by atoms with Crippen LogP contribution < -0.4 is 5.73 Å². The Bertz CT molecular complexity index is 348. The van der Waals surface area contributed by atoms with Crippen LogP contribution in [-0.2, 0) is 6.54 Å². The maximum Gasteiger partial charge on any atom is 0.0314 e. The van der Waals surface area contributed by atoms with Crippen molar-refractivity contribution < 1.29 is 0 Å². The first-order valence-electron chi connectivity index (χ1n) is 6.35. The van der Waals surface area contributed by atoms with Crippen molar-refractivity contribution in [3.63, 3.8) is 0 Å². The molecule has 2 atom stereocenters. The van der Waals surface area contributed by atoms with Crippen molar-refractivity contribution in [3.05, 3.63) is 29.8 Å². The Hall–Kier alpha value is -1.06. The zero-order chi connectivity index (χ0) is 12.4.